The van der Waals surface area contributed by atoms with Crippen LogP contribution in [0.2, 0.25) is 0 Å². The number of nitrogens with two attached hydrogens (primary N) is 1. The zero-order valence-electron chi connectivity index (χ0n) is 6.48. The first-order valence-electron chi connectivity index (χ1n) is 3.64. The molecule has 1 aliphatic heterocycles. The van der Waals surface area contributed by atoms with Gasteiger partial charge in [-0.2, -0.15) is 0 Å². The van der Waals surface area contributed by atoms with Crippen LogP contribution in [0.1, 0.15) is 0 Å². The molecule has 0 aromatic carbocycles. The average Bonchev–Trinajstić information content (AvgIpc) is 2.37. The molecule has 0 aromatic rings. The van der Waals surface area contributed by atoms with Crippen LogP contribution in [0.3, 0.4) is 0 Å². The Morgan fingerprint density at radius 1 is 1.83 bits per heavy atom. The van der Waals surface area contributed by atoms with Crippen LogP contribution < -0.4 is 16.6 Å². The zero-order chi connectivity index (χ0) is 8.97. The molecule has 0 amide bonds. The lowest BCUT2D eigenvalue weighted by Crippen LogP contribution is -2.20. The second kappa shape index (κ2) is 4.59. The smallest absolute Gasteiger partial charge is 0.155 e. The highest BCUT2D eigenvalue weighted by molar-refractivity contribution is 9.11. The molecular weight excluding hydrogens is 225 g/mol. The van der Waals surface area contributed by atoms with Crippen LogP contribution in [0, 0.1) is 0 Å². The summed E-state index contributed by atoms with van der Waals surface area (Å²) < 4.78 is 13.7. The first kappa shape index (κ1) is 9.70. The quantitative estimate of drug-likeness (QED) is 0.656. The van der Waals surface area contributed by atoms with E-state index in [1.807, 2.05) is 0 Å². The molecule has 0 radical (unpaired) electrons. The van der Waals surface area contributed by atoms with Crippen molar-refractivity contribution < 1.29 is 4.39 Å². The van der Waals surface area contributed by atoms with Gasteiger partial charge in [-0.05, 0) is 6.08 Å². The van der Waals surface area contributed by atoms with Crippen molar-refractivity contribution in [1.82, 2.24) is 10.9 Å². The van der Waals surface area contributed by atoms with E-state index in [4.69, 9.17) is 5.73 Å². The van der Waals surface area contributed by atoms with E-state index >= 15 is 0 Å². The van der Waals surface area contributed by atoms with Crippen LogP contribution >= 0.6 is 15.9 Å². The number of halogens is 2. The highest BCUT2D eigenvalue weighted by Crippen LogP contribution is 2.13. The Morgan fingerprint density at radius 2 is 2.58 bits per heavy atom. The highest BCUT2D eigenvalue weighted by Gasteiger charge is 2.18. The van der Waals surface area contributed by atoms with Crippen LogP contribution in [-0.4, -0.2) is 19.3 Å². The average molecular weight is 236 g/mol. The third kappa shape index (κ3) is 2.58. The number of rotatable bonds is 2. The summed E-state index contributed by atoms with van der Waals surface area (Å²) in [7, 11) is 0. The van der Waals surface area contributed by atoms with Gasteiger partial charge in [0, 0.05) is 11.0 Å². The summed E-state index contributed by atoms with van der Waals surface area (Å²) in [5.41, 5.74) is 11.2. The van der Waals surface area contributed by atoms with Crippen molar-refractivity contribution in [3.63, 3.8) is 0 Å². The number of nitrogens with one attached hydrogen (secondary N) is 2. The minimum absolute atomic E-state index is 0.314. The van der Waals surface area contributed by atoms with Crippen LogP contribution in [0.25, 0.3) is 0 Å². The maximum Gasteiger partial charge on any atom is 0.155 e. The van der Waals surface area contributed by atoms with Gasteiger partial charge in [-0.3, -0.25) is 0 Å². The van der Waals surface area contributed by atoms with Gasteiger partial charge in [-0.25, -0.2) is 9.82 Å². The fourth-order valence-corrected chi connectivity index (χ4v) is 1.31. The summed E-state index contributed by atoms with van der Waals surface area (Å²) in [5.74, 6) is 0. The van der Waals surface area contributed by atoms with Gasteiger partial charge in [0.2, 0.25) is 0 Å². The molecule has 4 N–H and O–H groups in total. The zero-order valence-corrected chi connectivity index (χ0v) is 8.07. The SMILES string of the molecule is NC/C=C(Br)\C=C1/NNCC1F. The van der Waals surface area contributed by atoms with E-state index in [1.54, 1.807) is 12.2 Å². The molecule has 1 saturated heterocycles. The van der Waals surface area contributed by atoms with E-state index < -0.39 is 6.17 Å². The van der Waals surface area contributed by atoms with E-state index in [2.05, 4.69) is 26.8 Å². The molecule has 0 aromatic heterocycles. The maximum absolute atomic E-state index is 12.9. The monoisotopic (exact) mass is 235 g/mol. The highest BCUT2D eigenvalue weighted by atomic mass is 79.9. The van der Waals surface area contributed by atoms with Gasteiger partial charge >= 0.3 is 0 Å². The van der Waals surface area contributed by atoms with Gasteiger partial charge in [0.1, 0.15) is 0 Å². The van der Waals surface area contributed by atoms with Gasteiger partial charge in [-0.1, -0.05) is 22.0 Å². The Bertz CT molecular complexity index is 215. The molecule has 1 fully saturated rings. The Labute approximate surface area is 79.0 Å². The molecular formula is C7H11BrFN3. The van der Waals surface area contributed by atoms with Crippen molar-refractivity contribution in [3.8, 4) is 0 Å². The van der Waals surface area contributed by atoms with E-state index in [9.17, 15) is 4.39 Å². The van der Waals surface area contributed by atoms with Crippen molar-refractivity contribution in [3.05, 3.63) is 22.3 Å². The molecule has 1 atom stereocenters. The molecule has 0 saturated carbocycles. The minimum Gasteiger partial charge on any atom is -0.327 e. The molecule has 3 nitrogen and oxygen atoms in total. The lowest BCUT2D eigenvalue weighted by atomic mass is 10.3. The van der Waals surface area contributed by atoms with Crippen molar-refractivity contribution in [2.45, 2.75) is 6.17 Å². The number of alkyl halides is 1. The molecule has 5 heteroatoms. The molecule has 1 heterocycles. The number of allylic oxidation sites excluding steroid dienone is 2. The third-order valence-electron chi connectivity index (χ3n) is 1.46. The lowest BCUT2D eigenvalue weighted by molar-refractivity contribution is 0.406. The summed E-state index contributed by atoms with van der Waals surface area (Å²) in [5, 5.41) is 0. The summed E-state index contributed by atoms with van der Waals surface area (Å²) in [6, 6.07) is 0. The van der Waals surface area contributed by atoms with E-state index in [1.165, 1.54) is 0 Å². The van der Waals surface area contributed by atoms with Crippen LogP contribution in [0.4, 0.5) is 4.39 Å². The summed E-state index contributed by atoms with van der Waals surface area (Å²) >= 11 is 3.25. The van der Waals surface area contributed by atoms with Crippen molar-refractivity contribution in [2.75, 3.05) is 13.1 Å². The Balaban J connectivity index is 2.61. The van der Waals surface area contributed by atoms with Crippen LogP contribution in [0.15, 0.2) is 22.3 Å². The summed E-state index contributed by atoms with van der Waals surface area (Å²) in [4.78, 5) is 0. The fourth-order valence-electron chi connectivity index (χ4n) is 0.878. The molecule has 0 bridgehead atoms. The topological polar surface area (TPSA) is 50.1 Å². The normalized spacial score (nSPS) is 27.8. The number of hydrazine groups is 1. The third-order valence-corrected chi connectivity index (χ3v) is 2.01. The van der Waals surface area contributed by atoms with Gasteiger partial charge in [0.05, 0.1) is 12.2 Å². The summed E-state index contributed by atoms with van der Waals surface area (Å²) in [6.07, 6.45) is 2.49. The van der Waals surface area contributed by atoms with Crippen molar-refractivity contribution >= 4 is 15.9 Å². The Kier molecular flexibility index (Phi) is 3.71. The summed E-state index contributed by atoms with van der Waals surface area (Å²) in [6.45, 7) is 0.753. The van der Waals surface area contributed by atoms with E-state index in [0.717, 1.165) is 4.48 Å². The second-order valence-corrected chi connectivity index (χ2v) is 3.31. The molecule has 1 rings (SSSR count). The second-order valence-electron chi connectivity index (χ2n) is 2.40. The van der Waals surface area contributed by atoms with Gasteiger partial charge < -0.3 is 11.2 Å². The van der Waals surface area contributed by atoms with Gasteiger partial charge in [-0.15, -0.1) is 0 Å². The molecule has 1 aliphatic rings. The first-order valence-corrected chi connectivity index (χ1v) is 4.43. The minimum atomic E-state index is -0.955. The molecule has 0 aliphatic carbocycles. The van der Waals surface area contributed by atoms with Crippen molar-refractivity contribution in [1.29, 1.82) is 0 Å². The van der Waals surface area contributed by atoms with Crippen LogP contribution in [-0.2, 0) is 0 Å². The van der Waals surface area contributed by atoms with Gasteiger partial charge in [0.15, 0.2) is 6.17 Å². The first-order chi connectivity index (χ1) is 5.74. The van der Waals surface area contributed by atoms with Gasteiger partial charge in [0.25, 0.3) is 0 Å². The maximum atomic E-state index is 12.9. The predicted molar refractivity (Wildman–Crippen MR) is 50.2 cm³/mol. The number of hydrogen-bond donors (Lipinski definition) is 3. The number of hydrogen-bond acceptors (Lipinski definition) is 3. The Morgan fingerprint density at radius 3 is 3.08 bits per heavy atom. The van der Waals surface area contributed by atoms with E-state index in [-0.39, 0.29) is 0 Å². The molecule has 12 heavy (non-hydrogen) atoms. The van der Waals surface area contributed by atoms with Crippen molar-refractivity contribution in [2.24, 2.45) is 5.73 Å². The largest absolute Gasteiger partial charge is 0.327 e. The molecule has 0 spiro atoms. The fraction of sp³-hybridized carbons (Fsp3) is 0.429. The van der Waals surface area contributed by atoms with E-state index in [0.29, 0.717) is 18.8 Å². The molecule has 68 valence electrons. The predicted octanol–water partition coefficient (Wildman–Crippen LogP) is 0.554. The molecule has 1 unspecified atom stereocenters. The Hall–Kier alpha value is -0.390. The lowest BCUT2D eigenvalue weighted by Gasteiger charge is -1.99. The standard InChI is InChI=1S/C7H11BrFN3/c8-5(1-2-10)3-7-6(9)4-11-12-7/h1,3,6,11-12H,2,4,10H2/b5-1+,7-3-. The van der Waals surface area contributed by atoms with Crippen LogP contribution in [0.5, 0.6) is 0 Å².